The molecule has 0 radical (unpaired) electrons. The molecule has 2 heterocycles. The minimum atomic E-state index is -0.484. The highest BCUT2D eigenvalue weighted by Crippen LogP contribution is 2.37. The van der Waals surface area contributed by atoms with Gasteiger partial charge in [0.1, 0.15) is 5.75 Å². The zero-order valence-electron chi connectivity index (χ0n) is 15.6. The first-order valence-electron chi connectivity index (χ1n) is 9.05. The van der Waals surface area contributed by atoms with Crippen LogP contribution in [-0.4, -0.2) is 48.3 Å². The molecule has 0 saturated carbocycles. The second-order valence-corrected chi connectivity index (χ2v) is 7.33. The average Bonchev–Trinajstić information content (AvgIpc) is 3.06. The first-order chi connectivity index (χ1) is 13.1. The number of nitrogens with zero attached hydrogens (tertiary/aromatic N) is 2. The maximum Gasteiger partial charge on any atom is 0.118 e. The van der Waals surface area contributed by atoms with Crippen LogP contribution >= 0.6 is 11.6 Å². The molecule has 0 amide bonds. The predicted octanol–water partition coefficient (Wildman–Crippen LogP) is 2.84. The minimum Gasteiger partial charge on any atom is -0.497 e. The molecule has 3 rings (SSSR count). The number of rotatable bonds is 8. The van der Waals surface area contributed by atoms with Crippen molar-refractivity contribution in [2.24, 2.45) is 5.92 Å². The predicted molar refractivity (Wildman–Crippen MR) is 108 cm³/mol. The first-order valence-corrected chi connectivity index (χ1v) is 9.43. The standard InChI is InChI=1S/C21H26ClN3O2/c1-3-10-25-13-17(14-26)21(15-25,20-11-18(22)8-9-23-20)24-12-16-4-6-19(27-2)7-5-16/h3-9,11,17,24,26H,1,10,12-15H2,2H3. The number of halogens is 1. The van der Waals surface area contributed by atoms with E-state index >= 15 is 0 Å². The summed E-state index contributed by atoms with van der Waals surface area (Å²) in [5.74, 6) is 0.831. The Morgan fingerprint density at radius 3 is 2.81 bits per heavy atom. The van der Waals surface area contributed by atoms with Crippen LogP contribution in [0, 0.1) is 5.92 Å². The van der Waals surface area contributed by atoms with Crippen LogP contribution in [0.2, 0.25) is 5.02 Å². The van der Waals surface area contributed by atoms with Crippen molar-refractivity contribution < 1.29 is 9.84 Å². The quantitative estimate of drug-likeness (QED) is 0.682. The molecule has 6 heteroatoms. The van der Waals surface area contributed by atoms with Crippen LogP contribution in [0.1, 0.15) is 11.3 Å². The van der Waals surface area contributed by atoms with Gasteiger partial charge in [-0.15, -0.1) is 6.58 Å². The van der Waals surface area contributed by atoms with E-state index in [0.717, 1.165) is 36.6 Å². The van der Waals surface area contributed by atoms with Crippen LogP contribution < -0.4 is 10.1 Å². The lowest BCUT2D eigenvalue weighted by atomic mass is 9.83. The van der Waals surface area contributed by atoms with Gasteiger partial charge in [0.2, 0.25) is 0 Å². The van der Waals surface area contributed by atoms with Crippen LogP contribution in [0.25, 0.3) is 0 Å². The largest absolute Gasteiger partial charge is 0.497 e. The summed E-state index contributed by atoms with van der Waals surface area (Å²) in [6.07, 6.45) is 3.61. The molecular formula is C21H26ClN3O2. The number of nitrogens with one attached hydrogen (secondary N) is 1. The van der Waals surface area contributed by atoms with Gasteiger partial charge in [0, 0.05) is 49.9 Å². The van der Waals surface area contributed by atoms with Gasteiger partial charge < -0.3 is 15.2 Å². The summed E-state index contributed by atoms with van der Waals surface area (Å²) in [4.78, 5) is 6.87. The van der Waals surface area contributed by atoms with E-state index in [0.29, 0.717) is 11.6 Å². The number of benzene rings is 1. The number of aliphatic hydroxyl groups excluding tert-OH is 1. The normalized spacial score (nSPS) is 22.7. The number of aliphatic hydroxyl groups is 1. The number of likely N-dealkylation sites (tertiary alicyclic amines) is 1. The first kappa shape index (κ1) is 19.8. The molecule has 0 spiro atoms. The molecule has 5 nitrogen and oxygen atoms in total. The number of methoxy groups -OCH3 is 1. The molecule has 1 aliphatic rings. The van der Waals surface area contributed by atoms with Gasteiger partial charge in [-0.1, -0.05) is 29.8 Å². The Morgan fingerprint density at radius 2 is 2.19 bits per heavy atom. The van der Waals surface area contributed by atoms with Crippen molar-refractivity contribution in [3.05, 3.63) is 71.5 Å². The third-order valence-corrected chi connectivity index (χ3v) is 5.44. The van der Waals surface area contributed by atoms with Crippen molar-refractivity contribution in [2.45, 2.75) is 12.1 Å². The molecule has 144 valence electrons. The van der Waals surface area contributed by atoms with Gasteiger partial charge >= 0.3 is 0 Å². The molecule has 0 bridgehead atoms. The lowest BCUT2D eigenvalue weighted by molar-refractivity contribution is 0.156. The third kappa shape index (κ3) is 4.33. The molecule has 1 aromatic heterocycles. The SMILES string of the molecule is C=CCN1CC(CO)C(NCc2ccc(OC)cc2)(c2cc(Cl)ccn2)C1. The fraction of sp³-hybridized carbons (Fsp3) is 0.381. The van der Waals surface area contributed by atoms with E-state index in [1.165, 1.54) is 0 Å². The Hall–Kier alpha value is -1.92. The van der Waals surface area contributed by atoms with Gasteiger partial charge in [0.25, 0.3) is 0 Å². The number of hydrogen-bond donors (Lipinski definition) is 2. The average molecular weight is 388 g/mol. The van der Waals surface area contributed by atoms with Gasteiger partial charge in [-0.3, -0.25) is 9.88 Å². The van der Waals surface area contributed by atoms with Gasteiger partial charge in [0.15, 0.2) is 0 Å². The topological polar surface area (TPSA) is 57.6 Å². The highest BCUT2D eigenvalue weighted by Gasteiger charge is 2.48. The summed E-state index contributed by atoms with van der Waals surface area (Å²) in [5, 5.41) is 14.4. The molecule has 27 heavy (non-hydrogen) atoms. The molecule has 0 aliphatic carbocycles. The Labute approximate surface area is 165 Å². The lowest BCUT2D eigenvalue weighted by Crippen LogP contribution is -2.50. The molecule has 1 fully saturated rings. The van der Waals surface area contributed by atoms with Crippen molar-refractivity contribution in [1.29, 1.82) is 0 Å². The fourth-order valence-electron chi connectivity index (χ4n) is 3.78. The van der Waals surface area contributed by atoms with E-state index in [1.54, 1.807) is 19.4 Å². The van der Waals surface area contributed by atoms with Gasteiger partial charge in [-0.25, -0.2) is 0 Å². The molecule has 2 N–H and O–H groups in total. The Kier molecular flexibility index (Phi) is 6.50. The summed E-state index contributed by atoms with van der Waals surface area (Å²) < 4.78 is 5.23. The van der Waals surface area contributed by atoms with Crippen LogP contribution in [0.15, 0.2) is 55.3 Å². The van der Waals surface area contributed by atoms with Gasteiger partial charge in [0.05, 0.1) is 18.3 Å². The Balaban J connectivity index is 1.90. The van der Waals surface area contributed by atoms with E-state index < -0.39 is 5.54 Å². The zero-order chi connectivity index (χ0) is 19.3. The molecule has 2 unspecified atom stereocenters. The van der Waals surface area contributed by atoms with Crippen molar-refractivity contribution in [3.8, 4) is 5.75 Å². The van der Waals surface area contributed by atoms with Crippen LogP contribution in [0.5, 0.6) is 5.75 Å². The molecule has 2 aromatic rings. The zero-order valence-corrected chi connectivity index (χ0v) is 16.3. The van der Waals surface area contributed by atoms with Crippen molar-refractivity contribution in [2.75, 3.05) is 33.4 Å². The summed E-state index contributed by atoms with van der Waals surface area (Å²) in [6, 6.07) is 11.6. The highest BCUT2D eigenvalue weighted by molar-refractivity contribution is 6.30. The third-order valence-electron chi connectivity index (χ3n) is 5.20. The van der Waals surface area contributed by atoms with Crippen molar-refractivity contribution in [3.63, 3.8) is 0 Å². The van der Waals surface area contributed by atoms with Crippen LogP contribution in [0.4, 0.5) is 0 Å². The summed E-state index contributed by atoms with van der Waals surface area (Å²) >= 11 is 6.25. The van der Waals surface area contributed by atoms with Crippen molar-refractivity contribution >= 4 is 11.6 Å². The van der Waals surface area contributed by atoms with E-state index in [-0.39, 0.29) is 12.5 Å². The van der Waals surface area contributed by atoms with E-state index in [4.69, 9.17) is 16.3 Å². The van der Waals surface area contributed by atoms with E-state index in [9.17, 15) is 5.11 Å². The second kappa shape index (κ2) is 8.85. The molecule has 2 atom stereocenters. The monoisotopic (exact) mass is 387 g/mol. The van der Waals surface area contributed by atoms with Crippen LogP contribution in [-0.2, 0) is 12.1 Å². The summed E-state index contributed by atoms with van der Waals surface area (Å²) in [6.45, 7) is 6.83. The van der Waals surface area contributed by atoms with Gasteiger partial charge in [-0.2, -0.15) is 0 Å². The molecular weight excluding hydrogens is 362 g/mol. The Bertz CT molecular complexity index is 768. The molecule has 1 aliphatic heterocycles. The maximum atomic E-state index is 10.1. The van der Waals surface area contributed by atoms with Crippen molar-refractivity contribution in [1.82, 2.24) is 15.2 Å². The van der Waals surface area contributed by atoms with Gasteiger partial charge in [-0.05, 0) is 29.8 Å². The fourth-order valence-corrected chi connectivity index (χ4v) is 3.94. The minimum absolute atomic E-state index is 0.00154. The smallest absolute Gasteiger partial charge is 0.118 e. The number of pyridine rings is 1. The highest BCUT2D eigenvalue weighted by atomic mass is 35.5. The maximum absolute atomic E-state index is 10.1. The Morgan fingerprint density at radius 1 is 1.41 bits per heavy atom. The number of hydrogen-bond acceptors (Lipinski definition) is 5. The lowest BCUT2D eigenvalue weighted by Gasteiger charge is -2.35. The number of ether oxygens (including phenoxy) is 1. The van der Waals surface area contributed by atoms with E-state index in [1.807, 2.05) is 36.4 Å². The number of aromatic nitrogens is 1. The molecule has 1 aromatic carbocycles. The molecule has 1 saturated heterocycles. The summed E-state index contributed by atoms with van der Waals surface area (Å²) in [5.41, 5.74) is 1.51. The summed E-state index contributed by atoms with van der Waals surface area (Å²) in [7, 11) is 1.66. The second-order valence-electron chi connectivity index (χ2n) is 6.89. The van der Waals surface area contributed by atoms with Crippen LogP contribution in [0.3, 0.4) is 0 Å². The van der Waals surface area contributed by atoms with E-state index in [2.05, 4.69) is 21.8 Å².